The minimum atomic E-state index is 0. The summed E-state index contributed by atoms with van der Waals surface area (Å²) in [4.78, 5) is 18.7. The number of anilines is 1. The molecule has 0 saturated carbocycles. The number of hydrogen-bond donors (Lipinski definition) is 2. The van der Waals surface area contributed by atoms with Gasteiger partial charge in [0.2, 0.25) is 5.91 Å². The number of ether oxygens (including phenoxy) is 1. The second-order valence-electron chi connectivity index (χ2n) is 5.92. The highest BCUT2D eigenvalue weighted by Crippen LogP contribution is 2.17. The number of pyridine rings is 1. The number of hydrogen-bond acceptors (Lipinski definition) is 5. The highest BCUT2D eigenvalue weighted by Gasteiger charge is 2.23. The van der Waals surface area contributed by atoms with Crippen LogP contribution in [-0.4, -0.2) is 55.8 Å². The van der Waals surface area contributed by atoms with Crippen molar-refractivity contribution in [3.05, 3.63) is 24.4 Å². The SMILES string of the molecule is Cl.Cl.O=C(CC1CNCCO1)NC1CCN(c2ccccn2)CC1. The summed E-state index contributed by atoms with van der Waals surface area (Å²) in [5.41, 5.74) is 0. The van der Waals surface area contributed by atoms with E-state index in [1.807, 2.05) is 24.4 Å². The molecule has 1 aromatic heterocycles. The van der Waals surface area contributed by atoms with Gasteiger partial charge in [-0.3, -0.25) is 4.79 Å². The van der Waals surface area contributed by atoms with Gasteiger partial charge < -0.3 is 20.3 Å². The highest BCUT2D eigenvalue weighted by atomic mass is 35.5. The molecule has 0 radical (unpaired) electrons. The zero-order valence-electron chi connectivity index (χ0n) is 13.6. The fourth-order valence-electron chi connectivity index (χ4n) is 3.04. The van der Waals surface area contributed by atoms with E-state index >= 15 is 0 Å². The number of carbonyl (C=O) groups excluding carboxylic acids is 1. The molecule has 1 aromatic rings. The third kappa shape index (κ3) is 6.09. The Kier molecular flexibility index (Phi) is 9.36. The van der Waals surface area contributed by atoms with Crippen LogP contribution >= 0.6 is 24.8 Å². The quantitative estimate of drug-likeness (QED) is 0.830. The minimum absolute atomic E-state index is 0. The molecule has 2 fully saturated rings. The first-order valence-corrected chi connectivity index (χ1v) is 8.09. The standard InChI is InChI=1S/C16H24N4O2.2ClH/c21-16(11-14-12-17-7-10-22-14)19-13-4-8-20(9-5-13)15-3-1-2-6-18-15;;/h1-3,6,13-14,17H,4-5,7-12H2,(H,19,21);2*1H. The molecule has 3 heterocycles. The van der Waals surface area contributed by atoms with E-state index in [0.717, 1.165) is 44.8 Å². The Morgan fingerprint density at radius 2 is 2.12 bits per heavy atom. The van der Waals surface area contributed by atoms with Gasteiger partial charge in [0.05, 0.1) is 19.1 Å². The normalized spacial score (nSPS) is 21.3. The van der Waals surface area contributed by atoms with Gasteiger partial charge in [0.15, 0.2) is 0 Å². The molecule has 136 valence electrons. The maximum Gasteiger partial charge on any atom is 0.222 e. The van der Waals surface area contributed by atoms with Crippen LogP contribution in [-0.2, 0) is 9.53 Å². The predicted octanol–water partition coefficient (Wildman–Crippen LogP) is 1.39. The summed E-state index contributed by atoms with van der Waals surface area (Å²) in [5, 5.41) is 6.39. The maximum absolute atomic E-state index is 12.1. The Morgan fingerprint density at radius 3 is 2.75 bits per heavy atom. The van der Waals surface area contributed by atoms with Crippen LogP contribution in [0, 0.1) is 0 Å². The maximum atomic E-state index is 12.1. The van der Waals surface area contributed by atoms with Gasteiger partial charge in [0.25, 0.3) is 0 Å². The molecule has 0 aliphatic carbocycles. The summed E-state index contributed by atoms with van der Waals surface area (Å²) in [6.07, 6.45) is 4.22. The van der Waals surface area contributed by atoms with Gasteiger partial charge in [0, 0.05) is 38.4 Å². The fourth-order valence-corrected chi connectivity index (χ4v) is 3.04. The highest BCUT2D eigenvalue weighted by molar-refractivity contribution is 5.85. The van der Waals surface area contributed by atoms with Gasteiger partial charge in [-0.1, -0.05) is 6.07 Å². The van der Waals surface area contributed by atoms with Crippen LogP contribution in [0.15, 0.2) is 24.4 Å². The average Bonchev–Trinajstić information content (AvgIpc) is 2.57. The van der Waals surface area contributed by atoms with Crippen LogP contribution in [0.1, 0.15) is 19.3 Å². The van der Waals surface area contributed by atoms with Crippen molar-refractivity contribution in [2.45, 2.75) is 31.4 Å². The first-order chi connectivity index (χ1) is 10.8. The first kappa shape index (κ1) is 21.0. The molecule has 2 aliphatic heterocycles. The summed E-state index contributed by atoms with van der Waals surface area (Å²) in [6.45, 7) is 4.21. The van der Waals surface area contributed by atoms with Crippen LogP contribution in [0.4, 0.5) is 5.82 Å². The smallest absolute Gasteiger partial charge is 0.222 e. The molecule has 0 spiro atoms. The van der Waals surface area contributed by atoms with E-state index in [4.69, 9.17) is 4.74 Å². The van der Waals surface area contributed by atoms with Crippen molar-refractivity contribution in [3.8, 4) is 0 Å². The molecule has 8 heteroatoms. The van der Waals surface area contributed by atoms with E-state index < -0.39 is 0 Å². The molecule has 2 saturated heterocycles. The van der Waals surface area contributed by atoms with Gasteiger partial charge in [0.1, 0.15) is 5.82 Å². The van der Waals surface area contributed by atoms with Gasteiger partial charge >= 0.3 is 0 Å². The van der Waals surface area contributed by atoms with Gasteiger partial charge in [-0.05, 0) is 25.0 Å². The number of aromatic nitrogens is 1. The Hall–Kier alpha value is -1.08. The van der Waals surface area contributed by atoms with Crippen molar-refractivity contribution < 1.29 is 9.53 Å². The lowest BCUT2D eigenvalue weighted by atomic mass is 10.0. The molecular weight excluding hydrogens is 351 g/mol. The molecule has 1 amide bonds. The van der Waals surface area contributed by atoms with E-state index in [1.54, 1.807) is 0 Å². The minimum Gasteiger partial charge on any atom is -0.375 e. The molecule has 1 unspecified atom stereocenters. The van der Waals surface area contributed by atoms with Crippen molar-refractivity contribution in [1.82, 2.24) is 15.6 Å². The van der Waals surface area contributed by atoms with Crippen molar-refractivity contribution in [3.63, 3.8) is 0 Å². The zero-order chi connectivity index (χ0) is 15.2. The Morgan fingerprint density at radius 1 is 1.33 bits per heavy atom. The Labute approximate surface area is 155 Å². The first-order valence-electron chi connectivity index (χ1n) is 8.09. The summed E-state index contributed by atoms with van der Waals surface area (Å²) in [6, 6.07) is 6.24. The van der Waals surface area contributed by atoms with Crippen molar-refractivity contribution in [2.24, 2.45) is 0 Å². The molecule has 0 aromatic carbocycles. The molecule has 0 bridgehead atoms. The Bertz CT molecular complexity index is 478. The van der Waals surface area contributed by atoms with Crippen molar-refractivity contribution >= 4 is 36.5 Å². The fraction of sp³-hybridized carbons (Fsp3) is 0.625. The van der Waals surface area contributed by atoms with E-state index in [2.05, 4.69) is 20.5 Å². The van der Waals surface area contributed by atoms with E-state index in [1.165, 1.54) is 0 Å². The van der Waals surface area contributed by atoms with Crippen LogP contribution in [0.25, 0.3) is 0 Å². The van der Waals surface area contributed by atoms with Crippen LogP contribution < -0.4 is 15.5 Å². The lowest BCUT2D eigenvalue weighted by molar-refractivity contribution is -0.125. The molecule has 1 atom stereocenters. The molecular formula is C16H26Cl2N4O2. The third-order valence-corrected chi connectivity index (χ3v) is 4.25. The number of morpholine rings is 1. The number of halogens is 2. The monoisotopic (exact) mass is 376 g/mol. The van der Waals surface area contributed by atoms with Gasteiger partial charge in [-0.25, -0.2) is 4.98 Å². The Balaban J connectivity index is 0.00000144. The molecule has 6 nitrogen and oxygen atoms in total. The summed E-state index contributed by atoms with van der Waals surface area (Å²) in [7, 11) is 0. The molecule has 24 heavy (non-hydrogen) atoms. The van der Waals surface area contributed by atoms with Crippen LogP contribution in [0.5, 0.6) is 0 Å². The molecule has 3 rings (SSSR count). The second-order valence-corrected chi connectivity index (χ2v) is 5.92. The van der Waals surface area contributed by atoms with E-state index in [-0.39, 0.29) is 42.9 Å². The van der Waals surface area contributed by atoms with Crippen molar-refractivity contribution in [2.75, 3.05) is 37.7 Å². The number of amides is 1. The number of rotatable bonds is 4. The predicted molar refractivity (Wildman–Crippen MR) is 99.3 cm³/mol. The number of nitrogens with zero attached hydrogens (tertiary/aromatic N) is 2. The van der Waals surface area contributed by atoms with Crippen LogP contribution in [0.2, 0.25) is 0 Å². The number of nitrogens with one attached hydrogen (secondary N) is 2. The van der Waals surface area contributed by atoms with Gasteiger partial charge in [-0.2, -0.15) is 0 Å². The lowest BCUT2D eigenvalue weighted by Crippen LogP contribution is -2.47. The average molecular weight is 377 g/mol. The summed E-state index contributed by atoms with van der Waals surface area (Å²) >= 11 is 0. The lowest BCUT2D eigenvalue weighted by Gasteiger charge is -2.33. The number of carbonyl (C=O) groups is 1. The second kappa shape index (κ2) is 10.7. The largest absolute Gasteiger partial charge is 0.375 e. The molecule has 2 aliphatic rings. The van der Waals surface area contributed by atoms with Gasteiger partial charge in [-0.15, -0.1) is 24.8 Å². The summed E-state index contributed by atoms with van der Waals surface area (Å²) < 4.78 is 5.57. The van der Waals surface area contributed by atoms with E-state index in [9.17, 15) is 4.79 Å². The number of piperidine rings is 1. The van der Waals surface area contributed by atoms with E-state index in [0.29, 0.717) is 13.0 Å². The summed E-state index contributed by atoms with van der Waals surface area (Å²) in [5.74, 6) is 1.12. The third-order valence-electron chi connectivity index (χ3n) is 4.25. The zero-order valence-corrected chi connectivity index (χ0v) is 15.3. The molecule has 2 N–H and O–H groups in total. The van der Waals surface area contributed by atoms with Crippen LogP contribution in [0.3, 0.4) is 0 Å². The topological polar surface area (TPSA) is 66.5 Å². The van der Waals surface area contributed by atoms with Crippen molar-refractivity contribution in [1.29, 1.82) is 0 Å².